The predicted octanol–water partition coefficient (Wildman–Crippen LogP) is 2.37. The summed E-state index contributed by atoms with van der Waals surface area (Å²) in [6.07, 6.45) is 3.16. The van der Waals surface area contributed by atoms with Gasteiger partial charge in [0.1, 0.15) is 0 Å². The number of aliphatic hydroxyl groups is 1. The minimum absolute atomic E-state index is 0.324. The number of rotatable bonds is 4. The summed E-state index contributed by atoms with van der Waals surface area (Å²) in [6.45, 7) is 2.45. The molecule has 0 aliphatic heterocycles. The Bertz CT molecular complexity index is 205. The van der Waals surface area contributed by atoms with Crippen molar-refractivity contribution in [1.29, 1.82) is 0 Å². The molecular weight excluding hydrogens is 156 g/mol. The van der Waals surface area contributed by atoms with Crippen LogP contribution in [-0.4, -0.2) is 11.7 Å². The van der Waals surface area contributed by atoms with Gasteiger partial charge in [0, 0.05) is 16.4 Å². The van der Waals surface area contributed by atoms with Gasteiger partial charge in [0.25, 0.3) is 0 Å². The van der Waals surface area contributed by atoms with E-state index in [0.717, 1.165) is 19.3 Å². The van der Waals surface area contributed by atoms with Crippen molar-refractivity contribution < 1.29 is 5.11 Å². The quantitative estimate of drug-likeness (QED) is 0.688. The van der Waals surface area contributed by atoms with Gasteiger partial charge in [0.15, 0.2) is 0 Å². The Kier molecular flexibility index (Phi) is 3.60. The van der Waals surface area contributed by atoms with Crippen molar-refractivity contribution in [3.63, 3.8) is 0 Å². The summed E-state index contributed by atoms with van der Waals surface area (Å²) >= 11 is 1.86. The fourth-order valence-electron chi connectivity index (χ4n) is 1.03. The van der Waals surface area contributed by atoms with Gasteiger partial charge in [-0.1, -0.05) is 0 Å². The monoisotopic (exact) mass is 170 g/mol. The Labute approximate surface area is 71.7 Å². The lowest BCUT2D eigenvalue weighted by Gasteiger charge is -1.93. The first-order chi connectivity index (χ1) is 5.33. The maximum Gasteiger partial charge on any atom is 0.0431 e. The maximum absolute atomic E-state index is 8.55. The molecule has 0 aliphatic rings. The van der Waals surface area contributed by atoms with Crippen LogP contribution in [0.2, 0.25) is 0 Å². The van der Waals surface area contributed by atoms with Crippen molar-refractivity contribution in [2.24, 2.45) is 0 Å². The van der Waals surface area contributed by atoms with E-state index in [2.05, 4.69) is 19.1 Å². The molecule has 62 valence electrons. The van der Waals surface area contributed by atoms with Gasteiger partial charge in [-0.05, 0) is 38.3 Å². The van der Waals surface area contributed by atoms with Crippen LogP contribution in [0.3, 0.4) is 0 Å². The molecule has 1 aromatic rings. The van der Waals surface area contributed by atoms with Crippen molar-refractivity contribution in [3.8, 4) is 0 Å². The van der Waals surface area contributed by atoms with Gasteiger partial charge in [-0.3, -0.25) is 0 Å². The molecule has 0 atom stereocenters. The molecule has 0 bridgehead atoms. The molecule has 0 fully saturated rings. The van der Waals surface area contributed by atoms with Crippen LogP contribution < -0.4 is 0 Å². The Hall–Kier alpha value is -0.340. The fourth-order valence-corrected chi connectivity index (χ4v) is 1.96. The number of unbranched alkanes of at least 4 members (excludes halogenated alkanes) is 1. The van der Waals surface area contributed by atoms with E-state index in [1.165, 1.54) is 9.75 Å². The van der Waals surface area contributed by atoms with Crippen LogP contribution in [0.5, 0.6) is 0 Å². The number of thiophene rings is 1. The fraction of sp³-hybridized carbons (Fsp3) is 0.556. The molecule has 1 N–H and O–H groups in total. The number of aliphatic hydroxyl groups excluding tert-OH is 1. The lowest BCUT2D eigenvalue weighted by atomic mass is 10.2. The largest absolute Gasteiger partial charge is 0.396 e. The van der Waals surface area contributed by atoms with Crippen molar-refractivity contribution in [2.75, 3.05) is 6.61 Å². The molecule has 1 aromatic heterocycles. The lowest BCUT2D eigenvalue weighted by molar-refractivity contribution is 0.285. The van der Waals surface area contributed by atoms with Crippen LogP contribution in [0.25, 0.3) is 0 Å². The van der Waals surface area contributed by atoms with E-state index in [-0.39, 0.29) is 0 Å². The summed E-state index contributed by atoms with van der Waals surface area (Å²) in [6, 6.07) is 4.33. The van der Waals surface area contributed by atoms with Crippen LogP contribution in [0.1, 0.15) is 22.6 Å². The first-order valence-corrected chi connectivity index (χ1v) is 4.81. The minimum atomic E-state index is 0.324. The van der Waals surface area contributed by atoms with E-state index in [1.54, 1.807) is 0 Å². The van der Waals surface area contributed by atoms with E-state index in [0.29, 0.717) is 6.61 Å². The Morgan fingerprint density at radius 1 is 1.36 bits per heavy atom. The highest BCUT2D eigenvalue weighted by atomic mass is 32.1. The summed E-state index contributed by atoms with van der Waals surface area (Å²) in [5, 5.41) is 8.55. The smallest absolute Gasteiger partial charge is 0.0431 e. The number of hydrogen-bond donors (Lipinski definition) is 1. The van der Waals surface area contributed by atoms with Gasteiger partial charge in [-0.2, -0.15) is 0 Å². The Morgan fingerprint density at radius 3 is 2.73 bits per heavy atom. The third-order valence-electron chi connectivity index (χ3n) is 1.63. The van der Waals surface area contributed by atoms with E-state index < -0.39 is 0 Å². The second kappa shape index (κ2) is 4.52. The van der Waals surface area contributed by atoms with Crippen molar-refractivity contribution in [2.45, 2.75) is 26.2 Å². The topological polar surface area (TPSA) is 20.2 Å². The molecule has 0 saturated heterocycles. The van der Waals surface area contributed by atoms with E-state index in [4.69, 9.17) is 5.11 Å². The van der Waals surface area contributed by atoms with Crippen LogP contribution >= 0.6 is 11.3 Å². The SMILES string of the molecule is Cc1ccc(CCCCO)s1. The molecule has 11 heavy (non-hydrogen) atoms. The molecule has 1 heterocycles. The van der Waals surface area contributed by atoms with Gasteiger partial charge in [0.05, 0.1) is 0 Å². The third kappa shape index (κ3) is 3.04. The summed E-state index contributed by atoms with van der Waals surface area (Å²) < 4.78 is 0. The van der Waals surface area contributed by atoms with Gasteiger partial charge in [-0.25, -0.2) is 0 Å². The summed E-state index contributed by atoms with van der Waals surface area (Å²) in [5.41, 5.74) is 0. The number of hydrogen-bond acceptors (Lipinski definition) is 2. The summed E-state index contributed by atoms with van der Waals surface area (Å²) in [4.78, 5) is 2.82. The summed E-state index contributed by atoms with van der Waals surface area (Å²) in [7, 11) is 0. The first kappa shape index (κ1) is 8.75. The average molecular weight is 170 g/mol. The molecule has 0 unspecified atom stereocenters. The molecule has 0 spiro atoms. The maximum atomic E-state index is 8.55. The zero-order valence-corrected chi connectivity index (χ0v) is 7.66. The highest BCUT2D eigenvalue weighted by Gasteiger charge is 1.95. The molecule has 2 heteroatoms. The molecule has 0 aliphatic carbocycles. The normalized spacial score (nSPS) is 10.4. The minimum Gasteiger partial charge on any atom is -0.396 e. The van der Waals surface area contributed by atoms with Crippen molar-refractivity contribution in [1.82, 2.24) is 0 Å². The van der Waals surface area contributed by atoms with Crippen LogP contribution in [-0.2, 0) is 6.42 Å². The van der Waals surface area contributed by atoms with Crippen molar-refractivity contribution in [3.05, 3.63) is 21.9 Å². The Balaban J connectivity index is 2.27. The molecule has 0 aromatic carbocycles. The second-order valence-electron chi connectivity index (χ2n) is 2.69. The zero-order chi connectivity index (χ0) is 8.10. The first-order valence-electron chi connectivity index (χ1n) is 3.99. The third-order valence-corrected chi connectivity index (χ3v) is 2.69. The van der Waals surface area contributed by atoms with E-state index >= 15 is 0 Å². The van der Waals surface area contributed by atoms with Crippen LogP contribution in [0.15, 0.2) is 12.1 Å². The Morgan fingerprint density at radius 2 is 2.18 bits per heavy atom. The molecular formula is C9H14OS. The average Bonchev–Trinajstić information content (AvgIpc) is 2.37. The molecule has 0 radical (unpaired) electrons. The van der Waals surface area contributed by atoms with Crippen LogP contribution in [0.4, 0.5) is 0 Å². The summed E-state index contributed by atoms with van der Waals surface area (Å²) in [5.74, 6) is 0. The zero-order valence-electron chi connectivity index (χ0n) is 6.84. The molecule has 0 amide bonds. The van der Waals surface area contributed by atoms with Crippen molar-refractivity contribution >= 4 is 11.3 Å². The van der Waals surface area contributed by atoms with E-state index in [1.807, 2.05) is 11.3 Å². The molecule has 1 nitrogen and oxygen atoms in total. The molecule has 0 saturated carbocycles. The molecule has 1 rings (SSSR count). The highest BCUT2D eigenvalue weighted by Crippen LogP contribution is 2.16. The number of aryl methyl sites for hydroxylation is 2. The van der Waals surface area contributed by atoms with Gasteiger partial charge >= 0.3 is 0 Å². The van der Waals surface area contributed by atoms with E-state index in [9.17, 15) is 0 Å². The van der Waals surface area contributed by atoms with Gasteiger partial charge in [-0.15, -0.1) is 11.3 Å². The van der Waals surface area contributed by atoms with Gasteiger partial charge < -0.3 is 5.11 Å². The predicted molar refractivity (Wildman–Crippen MR) is 49.1 cm³/mol. The highest BCUT2D eigenvalue weighted by molar-refractivity contribution is 7.11. The van der Waals surface area contributed by atoms with Gasteiger partial charge in [0.2, 0.25) is 0 Å². The lowest BCUT2D eigenvalue weighted by Crippen LogP contribution is -1.84. The van der Waals surface area contributed by atoms with Crippen LogP contribution in [0, 0.1) is 6.92 Å². The standard InChI is InChI=1S/C9H14OS/c1-8-5-6-9(11-8)4-2-3-7-10/h5-6,10H,2-4,7H2,1H3. The second-order valence-corrected chi connectivity index (χ2v) is 4.07.